The van der Waals surface area contributed by atoms with Gasteiger partial charge in [-0.15, -0.1) is 0 Å². The number of carboxylic acids is 1. The van der Waals surface area contributed by atoms with Crippen LogP contribution in [0.15, 0.2) is 12.2 Å². The van der Waals surface area contributed by atoms with Gasteiger partial charge in [-0.05, 0) is 32.4 Å². The van der Waals surface area contributed by atoms with Crippen molar-refractivity contribution in [3.8, 4) is 0 Å². The van der Waals surface area contributed by atoms with Crippen LogP contribution in [0.1, 0.15) is 19.8 Å². The summed E-state index contributed by atoms with van der Waals surface area (Å²) in [5, 5.41) is 11.1. The molecule has 0 radical (unpaired) electrons. The number of aliphatic carboxylic acids is 1. The Bertz CT molecular complexity index is 299. The monoisotopic (exact) mass is 228 g/mol. The lowest BCUT2D eigenvalue weighted by atomic mass is 10.1. The van der Waals surface area contributed by atoms with Crippen LogP contribution in [0.5, 0.6) is 0 Å². The largest absolute Gasteiger partial charge is 0.480 e. The first-order valence-corrected chi connectivity index (χ1v) is 4.89. The molecule has 0 fully saturated rings. The number of rotatable bonds is 7. The van der Waals surface area contributed by atoms with E-state index < -0.39 is 17.9 Å². The van der Waals surface area contributed by atoms with E-state index in [2.05, 4.69) is 5.32 Å². The predicted octanol–water partition coefficient (Wildman–Crippen LogP) is -0.560. The molecule has 1 amide bonds. The number of carboxylic acid groups (broad SMARTS) is 1. The standard InChI is InChI=1S/C10H16N2O4/c1-7(13)4-5-9(14)12-8(10(15)16)3-2-6-11/h4-5,8H,2-3,6,11H2,1H3,(H,12,14)(H,15,16)/b5-4+. The highest BCUT2D eigenvalue weighted by molar-refractivity contribution is 5.97. The fourth-order valence-electron chi connectivity index (χ4n) is 0.992. The van der Waals surface area contributed by atoms with Crippen LogP contribution in [0.2, 0.25) is 0 Å². The van der Waals surface area contributed by atoms with Gasteiger partial charge >= 0.3 is 5.97 Å². The minimum absolute atomic E-state index is 0.269. The average Bonchev–Trinajstić information content (AvgIpc) is 2.20. The summed E-state index contributed by atoms with van der Waals surface area (Å²) < 4.78 is 0. The molecule has 0 aromatic rings. The van der Waals surface area contributed by atoms with Gasteiger partial charge in [-0.1, -0.05) is 0 Å². The molecule has 0 saturated heterocycles. The van der Waals surface area contributed by atoms with Crippen molar-refractivity contribution in [2.24, 2.45) is 5.73 Å². The second-order valence-corrected chi connectivity index (χ2v) is 3.27. The van der Waals surface area contributed by atoms with Crippen LogP contribution >= 0.6 is 0 Å². The van der Waals surface area contributed by atoms with Crippen LogP contribution in [0.4, 0.5) is 0 Å². The highest BCUT2D eigenvalue weighted by atomic mass is 16.4. The molecule has 0 aliphatic rings. The van der Waals surface area contributed by atoms with E-state index in [9.17, 15) is 14.4 Å². The summed E-state index contributed by atoms with van der Waals surface area (Å²) in [7, 11) is 0. The van der Waals surface area contributed by atoms with E-state index in [0.717, 1.165) is 12.2 Å². The van der Waals surface area contributed by atoms with Crippen molar-refractivity contribution < 1.29 is 19.5 Å². The van der Waals surface area contributed by atoms with E-state index in [4.69, 9.17) is 10.8 Å². The first kappa shape index (κ1) is 14.3. The molecule has 16 heavy (non-hydrogen) atoms. The molecule has 0 saturated carbocycles. The van der Waals surface area contributed by atoms with Crippen LogP contribution < -0.4 is 11.1 Å². The Kier molecular flexibility index (Phi) is 6.78. The van der Waals surface area contributed by atoms with Crippen LogP contribution in [-0.2, 0) is 14.4 Å². The zero-order valence-electron chi connectivity index (χ0n) is 9.10. The molecule has 0 aromatic heterocycles. The number of carbonyl (C=O) groups is 3. The van der Waals surface area contributed by atoms with E-state index in [-0.39, 0.29) is 12.2 Å². The van der Waals surface area contributed by atoms with Gasteiger partial charge in [-0.3, -0.25) is 9.59 Å². The number of amides is 1. The van der Waals surface area contributed by atoms with E-state index >= 15 is 0 Å². The molecule has 6 heteroatoms. The molecular weight excluding hydrogens is 212 g/mol. The van der Waals surface area contributed by atoms with Gasteiger partial charge in [0.05, 0.1) is 0 Å². The number of carbonyl (C=O) groups excluding carboxylic acids is 2. The molecule has 6 nitrogen and oxygen atoms in total. The number of nitrogens with two attached hydrogens (primary N) is 1. The van der Waals surface area contributed by atoms with E-state index in [1.165, 1.54) is 6.92 Å². The molecular formula is C10H16N2O4. The zero-order valence-corrected chi connectivity index (χ0v) is 9.10. The summed E-state index contributed by atoms with van der Waals surface area (Å²) in [5.74, 6) is -1.98. The summed E-state index contributed by atoms with van der Waals surface area (Å²) in [5.41, 5.74) is 5.24. The number of allylic oxidation sites excluding steroid dienone is 1. The second-order valence-electron chi connectivity index (χ2n) is 3.27. The SMILES string of the molecule is CC(=O)/C=C/C(=O)NC(CCCN)C(=O)O. The Hall–Kier alpha value is -1.69. The molecule has 1 unspecified atom stereocenters. The van der Waals surface area contributed by atoms with Gasteiger partial charge in [0.1, 0.15) is 6.04 Å². The minimum Gasteiger partial charge on any atom is -0.480 e. The van der Waals surface area contributed by atoms with E-state index in [0.29, 0.717) is 13.0 Å². The molecule has 90 valence electrons. The fraction of sp³-hybridized carbons (Fsp3) is 0.500. The third kappa shape index (κ3) is 6.72. The maximum Gasteiger partial charge on any atom is 0.326 e. The maximum atomic E-state index is 11.2. The first-order chi connectivity index (χ1) is 7.47. The molecule has 0 rings (SSSR count). The smallest absolute Gasteiger partial charge is 0.326 e. The van der Waals surface area contributed by atoms with Crippen molar-refractivity contribution in [3.05, 3.63) is 12.2 Å². The minimum atomic E-state index is -1.11. The topological polar surface area (TPSA) is 109 Å². The van der Waals surface area contributed by atoms with Crippen LogP contribution in [0.25, 0.3) is 0 Å². The highest BCUT2D eigenvalue weighted by Crippen LogP contribution is 1.96. The lowest BCUT2D eigenvalue weighted by Crippen LogP contribution is -2.40. The van der Waals surface area contributed by atoms with Crippen molar-refractivity contribution >= 4 is 17.7 Å². The van der Waals surface area contributed by atoms with Gasteiger partial charge in [-0.25, -0.2) is 4.79 Å². The van der Waals surface area contributed by atoms with Gasteiger partial charge < -0.3 is 16.2 Å². The van der Waals surface area contributed by atoms with Crippen LogP contribution in [-0.4, -0.2) is 35.4 Å². The van der Waals surface area contributed by atoms with Crippen molar-refractivity contribution in [3.63, 3.8) is 0 Å². The Morgan fingerprint density at radius 3 is 2.44 bits per heavy atom. The second kappa shape index (κ2) is 7.58. The normalized spacial score (nSPS) is 12.4. The Morgan fingerprint density at radius 1 is 1.38 bits per heavy atom. The van der Waals surface area contributed by atoms with Gasteiger partial charge in [0.15, 0.2) is 5.78 Å². The number of hydrogen-bond acceptors (Lipinski definition) is 4. The predicted molar refractivity (Wildman–Crippen MR) is 57.7 cm³/mol. The molecule has 4 N–H and O–H groups in total. The lowest BCUT2D eigenvalue weighted by molar-refractivity contribution is -0.141. The maximum absolute atomic E-state index is 11.2. The average molecular weight is 228 g/mol. The summed E-state index contributed by atoms with van der Waals surface area (Å²) >= 11 is 0. The lowest BCUT2D eigenvalue weighted by Gasteiger charge is -2.12. The molecule has 1 atom stereocenters. The summed E-state index contributed by atoms with van der Waals surface area (Å²) in [4.78, 5) is 32.5. The molecule has 0 aliphatic heterocycles. The zero-order chi connectivity index (χ0) is 12.6. The molecule has 0 aromatic carbocycles. The quantitative estimate of drug-likeness (QED) is 0.506. The van der Waals surface area contributed by atoms with Crippen molar-refractivity contribution in [1.29, 1.82) is 0 Å². The first-order valence-electron chi connectivity index (χ1n) is 4.89. The number of hydrogen-bond donors (Lipinski definition) is 3. The number of nitrogens with one attached hydrogen (secondary N) is 1. The Labute approximate surface area is 93.5 Å². The number of ketones is 1. The third-order valence-electron chi connectivity index (χ3n) is 1.78. The van der Waals surface area contributed by atoms with Gasteiger partial charge in [0.2, 0.25) is 5.91 Å². The van der Waals surface area contributed by atoms with Crippen molar-refractivity contribution in [2.75, 3.05) is 6.54 Å². The van der Waals surface area contributed by atoms with Gasteiger partial charge in [0.25, 0.3) is 0 Å². The summed E-state index contributed by atoms with van der Waals surface area (Å²) in [6.07, 6.45) is 2.87. The molecule has 0 aliphatic carbocycles. The van der Waals surface area contributed by atoms with Crippen molar-refractivity contribution in [2.45, 2.75) is 25.8 Å². The van der Waals surface area contributed by atoms with Crippen molar-refractivity contribution in [1.82, 2.24) is 5.32 Å². The van der Waals surface area contributed by atoms with Gasteiger partial charge in [-0.2, -0.15) is 0 Å². The van der Waals surface area contributed by atoms with Crippen LogP contribution in [0, 0.1) is 0 Å². The van der Waals surface area contributed by atoms with Crippen LogP contribution in [0.3, 0.4) is 0 Å². The van der Waals surface area contributed by atoms with Gasteiger partial charge in [0, 0.05) is 6.08 Å². The fourth-order valence-corrected chi connectivity index (χ4v) is 0.992. The molecule has 0 spiro atoms. The summed E-state index contributed by atoms with van der Waals surface area (Å²) in [6, 6.07) is -0.965. The highest BCUT2D eigenvalue weighted by Gasteiger charge is 2.17. The third-order valence-corrected chi connectivity index (χ3v) is 1.78. The Morgan fingerprint density at radius 2 is 2.00 bits per heavy atom. The molecule has 0 bridgehead atoms. The Balaban J connectivity index is 4.23. The summed E-state index contributed by atoms with van der Waals surface area (Å²) in [6.45, 7) is 1.66. The van der Waals surface area contributed by atoms with E-state index in [1.54, 1.807) is 0 Å². The molecule has 0 heterocycles. The van der Waals surface area contributed by atoms with E-state index in [1.807, 2.05) is 0 Å².